The number of carbonyl (C=O) groups is 1. The minimum atomic E-state index is -0.448. The highest BCUT2D eigenvalue weighted by molar-refractivity contribution is 5.67. The van der Waals surface area contributed by atoms with Crippen molar-refractivity contribution in [2.24, 2.45) is 5.92 Å². The van der Waals surface area contributed by atoms with Crippen molar-refractivity contribution < 1.29 is 14.6 Å². The molecule has 5 nitrogen and oxygen atoms in total. The Labute approximate surface area is 127 Å². The van der Waals surface area contributed by atoms with E-state index in [9.17, 15) is 9.90 Å². The highest BCUT2D eigenvalue weighted by Gasteiger charge is 2.33. The molecular weight excluding hydrogens is 268 g/mol. The van der Waals surface area contributed by atoms with Gasteiger partial charge in [0, 0.05) is 18.6 Å². The predicted molar refractivity (Wildman–Crippen MR) is 82.1 cm³/mol. The van der Waals surface area contributed by atoms with E-state index in [0.29, 0.717) is 24.5 Å². The first-order chi connectivity index (χ1) is 9.83. The van der Waals surface area contributed by atoms with E-state index < -0.39 is 5.60 Å². The molecule has 21 heavy (non-hydrogen) atoms. The average molecular weight is 298 g/mol. The number of aliphatic hydroxyl groups excluding tert-OH is 1. The summed E-state index contributed by atoms with van der Waals surface area (Å²) in [4.78, 5) is 11.8. The van der Waals surface area contributed by atoms with Crippen LogP contribution in [0.2, 0.25) is 0 Å². The van der Waals surface area contributed by atoms with E-state index in [1.807, 2.05) is 20.8 Å². The maximum Gasteiger partial charge on any atom is 0.407 e. The second-order valence-corrected chi connectivity index (χ2v) is 7.52. The van der Waals surface area contributed by atoms with Crippen LogP contribution >= 0.6 is 0 Å². The lowest BCUT2D eigenvalue weighted by Gasteiger charge is -2.40. The van der Waals surface area contributed by atoms with Crippen molar-refractivity contribution in [3.05, 3.63) is 0 Å². The molecule has 0 aromatic rings. The van der Waals surface area contributed by atoms with Gasteiger partial charge in [0.25, 0.3) is 0 Å². The molecule has 2 saturated carbocycles. The van der Waals surface area contributed by atoms with E-state index in [1.165, 1.54) is 12.8 Å². The number of carbonyl (C=O) groups excluding carboxylic acids is 1. The van der Waals surface area contributed by atoms with Crippen LogP contribution in [0.15, 0.2) is 0 Å². The number of rotatable bonds is 4. The van der Waals surface area contributed by atoms with Crippen LogP contribution < -0.4 is 10.6 Å². The topological polar surface area (TPSA) is 70.6 Å². The van der Waals surface area contributed by atoms with Gasteiger partial charge in [-0.3, -0.25) is 0 Å². The minimum Gasteiger partial charge on any atom is -0.444 e. The van der Waals surface area contributed by atoms with Gasteiger partial charge in [-0.15, -0.1) is 0 Å². The SMILES string of the molecule is CC(C)(C)OC(=O)NCC1CCCCC1NC1CC(O)C1. The van der Waals surface area contributed by atoms with Gasteiger partial charge < -0.3 is 20.5 Å². The molecule has 0 aliphatic heterocycles. The lowest BCUT2D eigenvalue weighted by molar-refractivity contribution is 0.0457. The van der Waals surface area contributed by atoms with Crippen LogP contribution in [0.5, 0.6) is 0 Å². The van der Waals surface area contributed by atoms with E-state index in [1.54, 1.807) is 0 Å². The molecule has 122 valence electrons. The summed E-state index contributed by atoms with van der Waals surface area (Å²) in [6.45, 7) is 6.29. The molecule has 2 fully saturated rings. The molecule has 0 bridgehead atoms. The van der Waals surface area contributed by atoms with E-state index in [0.717, 1.165) is 25.7 Å². The molecule has 0 aromatic carbocycles. The van der Waals surface area contributed by atoms with Crippen molar-refractivity contribution >= 4 is 6.09 Å². The van der Waals surface area contributed by atoms with Crippen molar-refractivity contribution in [1.82, 2.24) is 10.6 Å². The van der Waals surface area contributed by atoms with Gasteiger partial charge in [0.05, 0.1) is 6.10 Å². The lowest BCUT2D eigenvalue weighted by atomic mass is 9.81. The second kappa shape index (κ2) is 6.97. The molecule has 2 rings (SSSR count). The zero-order valence-electron chi connectivity index (χ0n) is 13.5. The number of ether oxygens (including phenoxy) is 1. The molecule has 2 aliphatic rings. The first-order valence-electron chi connectivity index (χ1n) is 8.24. The highest BCUT2D eigenvalue weighted by atomic mass is 16.6. The molecule has 0 aromatic heterocycles. The lowest BCUT2D eigenvalue weighted by Crippen LogP contribution is -2.53. The summed E-state index contributed by atoms with van der Waals surface area (Å²) in [6.07, 6.45) is 6.05. The van der Waals surface area contributed by atoms with Crippen molar-refractivity contribution in [2.45, 2.75) is 83.1 Å². The van der Waals surface area contributed by atoms with E-state index in [2.05, 4.69) is 10.6 Å². The van der Waals surface area contributed by atoms with E-state index >= 15 is 0 Å². The summed E-state index contributed by atoms with van der Waals surface area (Å²) in [7, 11) is 0. The fourth-order valence-corrected chi connectivity index (χ4v) is 3.23. The number of hydrogen-bond donors (Lipinski definition) is 3. The van der Waals surface area contributed by atoms with Crippen LogP contribution in [-0.4, -0.2) is 41.5 Å². The zero-order valence-corrected chi connectivity index (χ0v) is 13.5. The number of hydrogen-bond acceptors (Lipinski definition) is 4. The molecule has 0 radical (unpaired) electrons. The van der Waals surface area contributed by atoms with E-state index in [4.69, 9.17) is 4.74 Å². The largest absolute Gasteiger partial charge is 0.444 e. The van der Waals surface area contributed by atoms with Gasteiger partial charge >= 0.3 is 6.09 Å². The summed E-state index contributed by atoms with van der Waals surface area (Å²) in [5.41, 5.74) is -0.448. The molecule has 2 atom stereocenters. The Morgan fingerprint density at radius 3 is 2.52 bits per heavy atom. The molecule has 0 saturated heterocycles. The predicted octanol–water partition coefficient (Wildman–Crippen LogP) is 2.18. The van der Waals surface area contributed by atoms with Crippen LogP contribution in [0.1, 0.15) is 59.3 Å². The Balaban J connectivity index is 1.75. The van der Waals surface area contributed by atoms with Gasteiger partial charge in [0.15, 0.2) is 0 Å². The number of alkyl carbamates (subject to hydrolysis) is 1. The molecular formula is C16H30N2O3. The summed E-state index contributed by atoms with van der Waals surface area (Å²) in [6, 6.07) is 0.901. The standard InChI is InChI=1S/C16H30N2O3/c1-16(2,3)21-15(20)17-10-11-6-4-5-7-14(11)18-12-8-13(19)9-12/h11-14,18-19H,4-10H2,1-3H3,(H,17,20). The molecule has 1 amide bonds. The Morgan fingerprint density at radius 2 is 1.90 bits per heavy atom. The number of nitrogens with one attached hydrogen (secondary N) is 2. The smallest absolute Gasteiger partial charge is 0.407 e. The van der Waals surface area contributed by atoms with Gasteiger partial charge in [0.2, 0.25) is 0 Å². The fourth-order valence-electron chi connectivity index (χ4n) is 3.23. The summed E-state index contributed by atoms with van der Waals surface area (Å²) >= 11 is 0. The molecule has 0 spiro atoms. The molecule has 2 aliphatic carbocycles. The normalized spacial score (nSPS) is 33.1. The summed E-state index contributed by atoms with van der Waals surface area (Å²) < 4.78 is 5.29. The van der Waals surface area contributed by atoms with Crippen LogP contribution in [0.4, 0.5) is 4.79 Å². The summed E-state index contributed by atoms with van der Waals surface area (Å²) in [5, 5.41) is 15.9. The zero-order chi connectivity index (χ0) is 15.5. The van der Waals surface area contributed by atoms with Gasteiger partial charge in [-0.05, 0) is 52.4 Å². The molecule has 2 unspecified atom stereocenters. The third-order valence-corrected chi connectivity index (χ3v) is 4.38. The quantitative estimate of drug-likeness (QED) is 0.744. The molecule has 3 N–H and O–H groups in total. The molecule has 5 heteroatoms. The number of amides is 1. The van der Waals surface area contributed by atoms with Crippen LogP contribution in [0.3, 0.4) is 0 Å². The van der Waals surface area contributed by atoms with Gasteiger partial charge in [-0.2, -0.15) is 0 Å². The Kier molecular flexibility index (Phi) is 5.49. The third-order valence-electron chi connectivity index (χ3n) is 4.38. The van der Waals surface area contributed by atoms with E-state index in [-0.39, 0.29) is 12.2 Å². The first-order valence-corrected chi connectivity index (χ1v) is 8.24. The third kappa shape index (κ3) is 5.47. The van der Waals surface area contributed by atoms with Gasteiger partial charge in [-0.25, -0.2) is 4.79 Å². The highest BCUT2D eigenvalue weighted by Crippen LogP contribution is 2.28. The van der Waals surface area contributed by atoms with Crippen molar-refractivity contribution in [2.75, 3.05) is 6.54 Å². The van der Waals surface area contributed by atoms with Crippen LogP contribution in [-0.2, 0) is 4.74 Å². The average Bonchev–Trinajstić information content (AvgIpc) is 2.34. The molecule has 0 heterocycles. The van der Waals surface area contributed by atoms with Crippen LogP contribution in [0.25, 0.3) is 0 Å². The minimum absolute atomic E-state index is 0.121. The van der Waals surface area contributed by atoms with Crippen molar-refractivity contribution in [3.63, 3.8) is 0 Å². The monoisotopic (exact) mass is 298 g/mol. The Morgan fingerprint density at radius 1 is 1.24 bits per heavy atom. The number of aliphatic hydroxyl groups is 1. The van der Waals surface area contributed by atoms with Crippen LogP contribution in [0, 0.1) is 5.92 Å². The van der Waals surface area contributed by atoms with Crippen molar-refractivity contribution in [1.29, 1.82) is 0 Å². The Bertz CT molecular complexity index is 348. The first kappa shape index (κ1) is 16.6. The fraction of sp³-hybridized carbons (Fsp3) is 0.938. The van der Waals surface area contributed by atoms with Gasteiger partial charge in [0.1, 0.15) is 5.60 Å². The second-order valence-electron chi connectivity index (χ2n) is 7.52. The maximum atomic E-state index is 11.8. The van der Waals surface area contributed by atoms with Gasteiger partial charge in [-0.1, -0.05) is 12.8 Å². The Hall–Kier alpha value is -0.810. The maximum absolute atomic E-state index is 11.8. The summed E-state index contributed by atoms with van der Waals surface area (Å²) in [5.74, 6) is 0.462. The van der Waals surface area contributed by atoms with Crippen molar-refractivity contribution in [3.8, 4) is 0 Å².